The zero-order valence-corrected chi connectivity index (χ0v) is 13.2. The predicted octanol–water partition coefficient (Wildman–Crippen LogP) is 4.21. The molecule has 0 radical (unpaired) electrons. The molecule has 18 heavy (non-hydrogen) atoms. The molecule has 2 atom stereocenters. The third-order valence-electron chi connectivity index (χ3n) is 4.20. The number of hydrogen-bond donors (Lipinski definition) is 1. The molecule has 0 amide bonds. The van der Waals surface area contributed by atoms with E-state index in [0.717, 1.165) is 5.92 Å². The topological polar surface area (TPSA) is 24.4 Å². The second-order valence-electron chi connectivity index (χ2n) is 6.89. The lowest BCUT2D eigenvalue weighted by Gasteiger charge is -2.33. The monoisotopic (exact) mass is 268 g/mol. The molecule has 2 rings (SSSR count). The van der Waals surface area contributed by atoms with E-state index < -0.39 is 0 Å². The van der Waals surface area contributed by atoms with Crippen LogP contribution in [0.4, 0.5) is 0 Å². The SMILES string of the molecule is CCCC(C)(C)NC1=NC2(CCCC(C)C2)CS1. The van der Waals surface area contributed by atoms with Gasteiger partial charge in [0, 0.05) is 11.3 Å². The molecule has 0 bridgehead atoms. The van der Waals surface area contributed by atoms with Crippen LogP contribution in [0.5, 0.6) is 0 Å². The summed E-state index contributed by atoms with van der Waals surface area (Å²) in [6, 6.07) is 0. The van der Waals surface area contributed by atoms with Gasteiger partial charge in [0.1, 0.15) is 0 Å². The first kappa shape index (κ1) is 14.2. The normalized spacial score (nSPS) is 32.7. The quantitative estimate of drug-likeness (QED) is 0.829. The van der Waals surface area contributed by atoms with Crippen LogP contribution >= 0.6 is 11.8 Å². The standard InChI is InChI=1S/C15H28N2S/c1-5-8-14(3,4)16-13-17-15(11-18-13)9-6-7-12(2)10-15/h12H,5-11H2,1-4H3,(H,16,17). The van der Waals surface area contributed by atoms with Crippen molar-refractivity contribution in [2.45, 2.75) is 77.3 Å². The first-order valence-corrected chi connectivity index (χ1v) is 8.44. The predicted molar refractivity (Wildman–Crippen MR) is 82.4 cm³/mol. The van der Waals surface area contributed by atoms with Crippen LogP contribution in [0, 0.1) is 5.92 Å². The highest BCUT2D eigenvalue weighted by molar-refractivity contribution is 8.14. The van der Waals surface area contributed by atoms with E-state index in [2.05, 4.69) is 33.0 Å². The molecule has 0 aromatic carbocycles. The van der Waals surface area contributed by atoms with Gasteiger partial charge in [-0.15, -0.1) is 0 Å². The van der Waals surface area contributed by atoms with Gasteiger partial charge < -0.3 is 5.32 Å². The van der Waals surface area contributed by atoms with Crippen LogP contribution in [0.3, 0.4) is 0 Å². The Bertz CT molecular complexity index is 324. The molecule has 2 nitrogen and oxygen atoms in total. The number of nitrogens with zero attached hydrogens (tertiary/aromatic N) is 1. The van der Waals surface area contributed by atoms with E-state index in [-0.39, 0.29) is 11.1 Å². The fourth-order valence-corrected chi connectivity index (χ4v) is 4.73. The van der Waals surface area contributed by atoms with Crippen LogP contribution in [-0.2, 0) is 0 Å². The Morgan fingerprint density at radius 1 is 1.50 bits per heavy atom. The second-order valence-corrected chi connectivity index (χ2v) is 7.85. The van der Waals surface area contributed by atoms with E-state index in [0.29, 0.717) is 0 Å². The Balaban J connectivity index is 1.99. The van der Waals surface area contributed by atoms with Crippen molar-refractivity contribution in [2.24, 2.45) is 10.9 Å². The first-order chi connectivity index (χ1) is 8.45. The number of hydrogen-bond acceptors (Lipinski definition) is 3. The van der Waals surface area contributed by atoms with Crippen LogP contribution in [-0.4, -0.2) is 22.0 Å². The summed E-state index contributed by atoms with van der Waals surface area (Å²) < 4.78 is 0. The molecule has 0 saturated heterocycles. The molecule has 0 aromatic heterocycles. The van der Waals surface area contributed by atoms with Crippen molar-refractivity contribution in [3.63, 3.8) is 0 Å². The third-order valence-corrected chi connectivity index (χ3v) is 5.35. The fraction of sp³-hybridized carbons (Fsp3) is 0.933. The Labute approximate surface area is 116 Å². The summed E-state index contributed by atoms with van der Waals surface area (Å²) in [5, 5.41) is 4.85. The van der Waals surface area contributed by atoms with Gasteiger partial charge in [0.15, 0.2) is 5.17 Å². The fourth-order valence-electron chi connectivity index (χ4n) is 3.39. The lowest BCUT2D eigenvalue weighted by molar-refractivity contribution is 0.265. The number of aliphatic imine (C=N–C) groups is 1. The lowest BCUT2D eigenvalue weighted by Crippen LogP contribution is -2.41. The number of thioether (sulfide) groups is 1. The summed E-state index contributed by atoms with van der Waals surface area (Å²) >= 11 is 1.94. The van der Waals surface area contributed by atoms with Gasteiger partial charge in [0.05, 0.1) is 5.54 Å². The molecule has 1 N–H and O–H groups in total. The zero-order valence-electron chi connectivity index (χ0n) is 12.4. The third kappa shape index (κ3) is 3.43. The van der Waals surface area contributed by atoms with Gasteiger partial charge in [-0.1, -0.05) is 44.9 Å². The van der Waals surface area contributed by atoms with Crippen LogP contribution in [0.15, 0.2) is 4.99 Å². The highest BCUT2D eigenvalue weighted by Gasteiger charge is 2.39. The molecule has 1 fully saturated rings. The molecule has 1 spiro atoms. The van der Waals surface area contributed by atoms with Crippen molar-refractivity contribution >= 4 is 16.9 Å². The summed E-state index contributed by atoms with van der Waals surface area (Å²) in [5.41, 5.74) is 0.458. The molecule has 1 saturated carbocycles. The summed E-state index contributed by atoms with van der Waals surface area (Å²) in [4.78, 5) is 5.07. The maximum Gasteiger partial charge on any atom is 0.157 e. The van der Waals surface area contributed by atoms with Gasteiger partial charge in [0.25, 0.3) is 0 Å². The Kier molecular flexibility index (Phi) is 4.30. The van der Waals surface area contributed by atoms with Crippen LogP contribution in [0.25, 0.3) is 0 Å². The van der Waals surface area contributed by atoms with Crippen molar-refractivity contribution in [3.8, 4) is 0 Å². The largest absolute Gasteiger partial charge is 0.360 e. The second kappa shape index (κ2) is 5.44. The van der Waals surface area contributed by atoms with E-state index in [1.54, 1.807) is 0 Å². The molecular weight excluding hydrogens is 240 g/mol. The van der Waals surface area contributed by atoms with Crippen molar-refractivity contribution in [3.05, 3.63) is 0 Å². The molecular formula is C15H28N2S. The number of amidine groups is 1. The van der Waals surface area contributed by atoms with Gasteiger partial charge in [0.2, 0.25) is 0 Å². The van der Waals surface area contributed by atoms with Gasteiger partial charge in [-0.25, -0.2) is 0 Å². The maximum absolute atomic E-state index is 5.07. The number of nitrogens with one attached hydrogen (secondary N) is 1. The summed E-state index contributed by atoms with van der Waals surface area (Å²) in [5.74, 6) is 2.05. The molecule has 2 aliphatic rings. The minimum Gasteiger partial charge on any atom is -0.360 e. The van der Waals surface area contributed by atoms with Gasteiger partial charge >= 0.3 is 0 Å². The first-order valence-electron chi connectivity index (χ1n) is 7.46. The zero-order chi connectivity index (χ0) is 13.2. The molecule has 2 unspecified atom stereocenters. The minimum atomic E-state index is 0.187. The lowest BCUT2D eigenvalue weighted by atomic mass is 9.78. The average molecular weight is 268 g/mol. The molecule has 1 heterocycles. The van der Waals surface area contributed by atoms with E-state index in [4.69, 9.17) is 4.99 Å². The Morgan fingerprint density at radius 2 is 2.28 bits per heavy atom. The number of rotatable bonds is 3. The van der Waals surface area contributed by atoms with Gasteiger partial charge in [-0.05, 0) is 39.0 Å². The van der Waals surface area contributed by atoms with Crippen molar-refractivity contribution in [2.75, 3.05) is 5.75 Å². The Morgan fingerprint density at radius 3 is 2.94 bits per heavy atom. The van der Waals surface area contributed by atoms with E-state index in [9.17, 15) is 0 Å². The summed E-state index contributed by atoms with van der Waals surface area (Å²) in [6.07, 6.45) is 7.77. The van der Waals surface area contributed by atoms with Crippen molar-refractivity contribution in [1.82, 2.24) is 5.32 Å². The van der Waals surface area contributed by atoms with E-state index in [1.807, 2.05) is 11.8 Å². The van der Waals surface area contributed by atoms with Crippen LogP contribution in [0.2, 0.25) is 0 Å². The molecule has 104 valence electrons. The van der Waals surface area contributed by atoms with E-state index >= 15 is 0 Å². The molecule has 3 heteroatoms. The highest BCUT2D eigenvalue weighted by Crippen LogP contribution is 2.41. The van der Waals surface area contributed by atoms with Crippen LogP contribution in [0.1, 0.15) is 66.2 Å². The van der Waals surface area contributed by atoms with Crippen molar-refractivity contribution in [1.29, 1.82) is 0 Å². The van der Waals surface area contributed by atoms with Gasteiger partial charge in [-0.2, -0.15) is 0 Å². The average Bonchev–Trinajstić information content (AvgIpc) is 2.59. The summed E-state index contributed by atoms with van der Waals surface area (Å²) in [6.45, 7) is 9.20. The Hall–Kier alpha value is -0.180. The van der Waals surface area contributed by atoms with Crippen molar-refractivity contribution < 1.29 is 0 Å². The minimum absolute atomic E-state index is 0.187. The maximum atomic E-state index is 5.07. The van der Waals surface area contributed by atoms with Crippen LogP contribution < -0.4 is 5.32 Å². The molecule has 0 aromatic rings. The van der Waals surface area contributed by atoms with E-state index in [1.165, 1.54) is 49.4 Å². The van der Waals surface area contributed by atoms with Gasteiger partial charge in [-0.3, -0.25) is 4.99 Å². The highest BCUT2D eigenvalue weighted by atomic mass is 32.2. The molecule has 1 aliphatic carbocycles. The molecule has 1 aliphatic heterocycles. The smallest absolute Gasteiger partial charge is 0.157 e. The summed E-state index contributed by atoms with van der Waals surface area (Å²) in [7, 11) is 0.